The Hall–Kier alpha value is -2.40. The largest absolute Gasteiger partial charge is 0.508 e. The minimum Gasteiger partial charge on any atom is -0.508 e. The van der Waals surface area contributed by atoms with Gasteiger partial charge in [-0.05, 0) is 36.6 Å². The van der Waals surface area contributed by atoms with E-state index in [0.29, 0.717) is 5.75 Å². The van der Waals surface area contributed by atoms with E-state index in [-0.39, 0.29) is 6.04 Å². The molecule has 2 aromatic rings. The van der Waals surface area contributed by atoms with Crippen molar-refractivity contribution in [2.75, 3.05) is 0 Å². The number of aromatic hydroxyl groups is 1. The monoisotopic (exact) mass is 367 g/mol. The van der Waals surface area contributed by atoms with E-state index in [2.05, 4.69) is 37.9 Å². The molecule has 144 valence electrons. The molecule has 0 saturated carbocycles. The highest BCUT2D eigenvalue weighted by Gasteiger charge is 2.53. The van der Waals surface area contributed by atoms with Crippen LogP contribution in [0, 0.1) is 0 Å². The van der Waals surface area contributed by atoms with E-state index in [1.165, 1.54) is 0 Å². The fourth-order valence-electron chi connectivity index (χ4n) is 4.27. The minimum absolute atomic E-state index is 0.312. The molecule has 0 fully saturated rings. The van der Waals surface area contributed by atoms with Gasteiger partial charge in [0.15, 0.2) is 0 Å². The van der Waals surface area contributed by atoms with Crippen molar-refractivity contribution in [2.45, 2.75) is 63.6 Å². The Morgan fingerprint density at radius 1 is 1.30 bits per heavy atom. The summed E-state index contributed by atoms with van der Waals surface area (Å²) in [6.07, 6.45) is 12.3. The van der Waals surface area contributed by atoms with E-state index < -0.39 is 17.1 Å². The molecule has 0 amide bonds. The standard InChI is InChI=1S/C22H29N3O2/c1-5-7-17-14-18(8-9-19(17)27)21(3,4)22(10-6-11-24-22)20(16(2)26)25-13-12-23-15-25/h6,8-16,20,26-27H,5,7H2,1-4H3. The van der Waals surface area contributed by atoms with Crippen molar-refractivity contribution in [3.63, 3.8) is 0 Å². The van der Waals surface area contributed by atoms with Gasteiger partial charge in [0.2, 0.25) is 0 Å². The van der Waals surface area contributed by atoms with Crippen LogP contribution in [0.3, 0.4) is 0 Å². The smallest absolute Gasteiger partial charge is 0.118 e. The van der Waals surface area contributed by atoms with Crippen molar-refractivity contribution in [1.82, 2.24) is 9.55 Å². The quantitative estimate of drug-likeness (QED) is 0.781. The Morgan fingerprint density at radius 3 is 2.63 bits per heavy atom. The van der Waals surface area contributed by atoms with Gasteiger partial charge < -0.3 is 14.8 Å². The van der Waals surface area contributed by atoms with Gasteiger partial charge in [-0.3, -0.25) is 4.99 Å². The molecule has 27 heavy (non-hydrogen) atoms. The summed E-state index contributed by atoms with van der Waals surface area (Å²) in [5, 5.41) is 20.9. The molecule has 0 saturated heterocycles. The number of aliphatic hydroxyl groups excluding tert-OH is 1. The molecule has 1 aliphatic rings. The van der Waals surface area contributed by atoms with E-state index in [0.717, 1.165) is 24.0 Å². The number of hydrogen-bond donors (Lipinski definition) is 2. The van der Waals surface area contributed by atoms with Crippen LogP contribution in [-0.2, 0) is 11.8 Å². The number of benzene rings is 1. The van der Waals surface area contributed by atoms with Gasteiger partial charge in [0, 0.05) is 24.0 Å². The molecular formula is C22H29N3O2. The molecule has 5 nitrogen and oxygen atoms in total. The Balaban J connectivity index is 2.15. The average Bonchev–Trinajstić information content (AvgIpc) is 3.30. The van der Waals surface area contributed by atoms with E-state index >= 15 is 0 Å². The lowest BCUT2D eigenvalue weighted by molar-refractivity contribution is 0.0701. The van der Waals surface area contributed by atoms with Gasteiger partial charge in [-0.1, -0.05) is 45.4 Å². The number of rotatable bonds is 7. The van der Waals surface area contributed by atoms with Crippen molar-refractivity contribution in [2.24, 2.45) is 4.99 Å². The third-order valence-corrected chi connectivity index (χ3v) is 5.80. The fourth-order valence-corrected chi connectivity index (χ4v) is 4.27. The number of nitrogens with zero attached hydrogens (tertiary/aromatic N) is 3. The summed E-state index contributed by atoms with van der Waals surface area (Å²) in [4.78, 5) is 9.06. The second kappa shape index (κ2) is 7.31. The molecule has 0 aliphatic carbocycles. The maximum atomic E-state index is 10.7. The predicted octanol–water partition coefficient (Wildman–Crippen LogP) is 3.82. The number of hydrogen-bond acceptors (Lipinski definition) is 4. The molecule has 0 bridgehead atoms. The number of aliphatic imine (C=N–C) groups is 1. The lowest BCUT2D eigenvalue weighted by atomic mass is 9.63. The van der Waals surface area contributed by atoms with Crippen LogP contribution < -0.4 is 0 Å². The molecule has 3 unspecified atom stereocenters. The van der Waals surface area contributed by atoms with Gasteiger partial charge >= 0.3 is 0 Å². The molecule has 3 rings (SSSR count). The number of imidazole rings is 1. The lowest BCUT2D eigenvalue weighted by Crippen LogP contribution is -2.53. The number of aromatic nitrogens is 2. The van der Waals surface area contributed by atoms with Crippen LogP contribution in [0.4, 0.5) is 0 Å². The van der Waals surface area contributed by atoms with Crippen LogP contribution in [0.25, 0.3) is 0 Å². The first-order valence-corrected chi connectivity index (χ1v) is 9.54. The molecule has 5 heteroatoms. The fraction of sp³-hybridized carbons (Fsp3) is 0.455. The first-order valence-electron chi connectivity index (χ1n) is 9.54. The van der Waals surface area contributed by atoms with Gasteiger partial charge in [-0.25, -0.2) is 4.98 Å². The zero-order chi connectivity index (χ0) is 19.7. The number of phenols is 1. The summed E-state index contributed by atoms with van der Waals surface area (Å²) in [5.74, 6) is 0.331. The van der Waals surface area contributed by atoms with Crippen LogP contribution >= 0.6 is 0 Å². The predicted molar refractivity (Wildman–Crippen MR) is 108 cm³/mol. The first kappa shape index (κ1) is 19.4. The molecule has 0 spiro atoms. The van der Waals surface area contributed by atoms with Crippen LogP contribution in [-0.4, -0.2) is 37.6 Å². The maximum Gasteiger partial charge on any atom is 0.118 e. The highest BCUT2D eigenvalue weighted by atomic mass is 16.3. The van der Waals surface area contributed by atoms with Crippen LogP contribution in [0.2, 0.25) is 0 Å². The van der Waals surface area contributed by atoms with Crippen molar-refractivity contribution in [3.05, 3.63) is 60.2 Å². The Morgan fingerprint density at radius 2 is 2.07 bits per heavy atom. The summed E-state index contributed by atoms with van der Waals surface area (Å²) in [7, 11) is 0. The van der Waals surface area contributed by atoms with Crippen molar-refractivity contribution < 1.29 is 10.2 Å². The van der Waals surface area contributed by atoms with E-state index in [4.69, 9.17) is 4.99 Å². The summed E-state index contributed by atoms with van der Waals surface area (Å²) >= 11 is 0. The van der Waals surface area contributed by atoms with Crippen molar-refractivity contribution >= 4 is 6.21 Å². The van der Waals surface area contributed by atoms with Gasteiger partial charge in [-0.2, -0.15) is 0 Å². The number of phenolic OH excluding ortho intramolecular Hbond substituents is 1. The molecule has 1 aromatic carbocycles. The summed E-state index contributed by atoms with van der Waals surface area (Å²) in [5.41, 5.74) is 0.916. The Labute approximate surface area is 161 Å². The van der Waals surface area contributed by atoms with Crippen molar-refractivity contribution in [1.29, 1.82) is 0 Å². The van der Waals surface area contributed by atoms with Crippen LogP contribution in [0.5, 0.6) is 5.75 Å². The molecule has 1 aliphatic heterocycles. The molecule has 0 radical (unpaired) electrons. The number of aliphatic hydroxyl groups is 1. The second-order valence-electron chi connectivity index (χ2n) is 7.88. The minimum atomic E-state index is -0.678. The highest BCUT2D eigenvalue weighted by Crippen LogP contribution is 2.49. The lowest BCUT2D eigenvalue weighted by Gasteiger charge is -2.47. The number of aryl methyl sites for hydroxylation is 1. The topological polar surface area (TPSA) is 70.6 Å². The average molecular weight is 367 g/mol. The molecule has 2 N–H and O–H groups in total. The normalized spacial score (nSPS) is 21.5. The first-order chi connectivity index (χ1) is 12.8. The summed E-state index contributed by atoms with van der Waals surface area (Å²) < 4.78 is 1.94. The summed E-state index contributed by atoms with van der Waals surface area (Å²) in [6, 6.07) is 5.50. The SMILES string of the molecule is CCCc1cc(C(C)(C)C2(C(C(C)O)n3ccnc3)C=CC=N2)ccc1O. The maximum absolute atomic E-state index is 10.7. The third-order valence-electron chi connectivity index (χ3n) is 5.80. The Bertz CT molecular complexity index is 823. The second-order valence-corrected chi connectivity index (χ2v) is 7.88. The van der Waals surface area contributed by atoms with E-state index in [1.54, 1.807) is 31.7 Å². The molecule has 3 atom stereocenters. The van der Waals surface area contributed by atoms with E-state index in [1.807, 2.05) is 22.9 Å². The zero-order valence-electron chi connectivity index (χ0n) is 16.5. The zero-order valence-corrected chi connectivity index (χ0v) is 16.5. The number of allylic oxidation sites excluding steroid dienone is 1. The van der Waals surface area contributed by atoms with Gasteiger partial charge in [0.05, 0.1) is 18.5 Å². The van der Waals surface area contributed by atoms with Gasteiger partial charge in [0.25, 0.3) is 0 Å². The van der Waals surface area contributed by atoms with E-state index in [9.17, 15) is 10.2 Å². The van der Waals surface area contributed by atoms with Crippen molar-refractivity contribution in [3.8, 4) is 5.75 Å². The van der Waals surface area contributed by atoms with Gasteiger partial charge in [0.1, 0.15) is 11.3 Å². The molecular weight excluding hydrogens is 338 g/mol. The Kier molecular flexibility index (Phi) is 5.24. The third kappa shape index (κ3) is 3.21. The molecule has 2 heterocycles. The van der Waals surface area contributed by atoms with Crippen LogP contribution in [0.15, 0.2) is 54.1 Å². The van der Waals surface area contributed by atoms with Crippen LogP contribution in [0.1, 0.15) is 51.3 Å². The summed E-state index contributed by atoms with van der Waals surface area (Å²) in [6.45, 7) is 8.19. The molecule has 1 aromatic heterocycles. The van der Waals surface area contributed by atoms with Gasteiger partial charge in [-0.15, -0.1) is 0 Å². The highest BCUT2D eigenvalue weighted by molar-refractivity contribution is 5.76.